The topological polar surface area (TPSA) is 52.6 Å². The molecule has 1 atom stereocenters. The maximum Gasteiger partial charge on any atom is 0.248 e. The number of nitrogens with zero attached hydrogens (tertiary/aromatic N) is 1. The second-order valence-electron chi connectivity index (χ2n) is 5.28. The highest BCUT2D eigenvalue weighted by Crippen LogP contribution is 2.36. The van der Waals surface area contributed by atoms with Crippen LogP contribution in [0.15, 0.2) is 48.5 Å². The van der Waals surface area contributed by atoms with Crippen LogP contribution in [-0.4, -0.2) is 27.1 Å². The summed E-state index contributed by atoms with van der Waals surface area (Å²) in [5.74, 6) is -0.0583. The molecule has 1 aliphatic rings. The molecular weight excluding hydrogens is 328 g/mol. The molecule has 23 heavy (non-hydrogen) atoms. The van der Waals surface area contributed by atoms with Gasteiger partial charge in [0.25, 0.3) is 0 Å². The Morgan fingerprint density at radius 3 is 2.61 bits per heavy atom. The SMILES string of the molecule is Cc1ccc(NCC2SC(=S)N(c3ccccc3O)C2=O)cc1. The van der Waals surface area contributed by atoms with Gasteiger partial charge >= 0.3 is 0 Å². The molecule has 2 aromatic rings. The van der Waals surface area contributed by atoms with E-state index in [4.69, 9.17) is 12.2 Å². The lowest BCUT2D eigenvalue weighted by Crippen LogP contribution is -2.33. The Hall–Kier alpha value is -2.05. The van der Waals surface area contributed by atoms with Gasteiger partial charge in [-0.25, -0.2) is 0 Å². The Morgan fingerprint density at radius 1 is 1.22 bits per heavy atom. The minimum Gasteiger partial charge on any atom is -0.506 e. The number of phenols is 1. The van der Waals surface area contributed by atoms with Gasteiger partial charge in [0.15, 0.2) is 0 Å². The Labute approximate surface area is 144 Å². The third kappa shape index (κ3) is 3.33. The van der Waals surface area contributed by atoms with E-state index in [1.807, 2.05) is 31.2 Å². The van der Waals surface area contributed by atoms with Crippen molar-refractivity contribution >= 4 is 45.6 Å². The van der Waals surface area contributed by atoms with Gasteiger partial charge in [-0.1, -0.05) is 53.8 Å². The number of carbonyl (C=O) groups is 1. The predicted octanol–water partition coefficient (Wildman–Crippen LogP) is 3.55. The van der Waals surface area contributed by atoms with E-state index in [-0.39, 0.29) is 16.9 Å². The van der Waals surface area contributed by atoms with Crippen molar-refractivity contribution in [3.05, 3.63) is 54.1 Å². The minimum atomic E-state index is -0.302. The smallest absolute Gasteiger partial charge is 0.248 e. The number of hydrogen-bond acceptors (Lipinski definition) is 5. The number of aromatic hydroxyl groups is 1. The monoisotopic (exact) mass is 344 g/mol. The normalized spacial score (nSPS) is 17.6. The van der Waals surface area contributed by atoms with Gasteiger partial charge in [-0.15, -0.1) is 0 Å². The Kier molecular flexibility index (Phi) is 4.54. The van der Waals surface area contributed by atoms with E-state index in [9.17, 15) is 9.90 Å². The average Bonchev–Trinajstić information content (AvgIpc) is 2.82. The first-order chi connectivity index (χ1) is 11.1. The van der Waals surface area contributed by atoms with E-state index in [0.717, 1.165) is 5.69 Å². The lowest BCUT2D eigenvalue weighted by molar-refractivity contribution is -0.116. The van der Waals surface area contributed by atoms with Gasteiger partial charge in [0.2, 0.25) is 5.91 Å². The molecule has 1 fully saturated rings. The van der Waals surface area contributed by atoms with E-state index >= 15 is 0 Å². The molecule has 0 saturated carbocycles. The van der Waals surface area contributed by atoms with E-state index in [0.29, 0.717) is 16.6 Å². The molecule has 0 aliphatic carbocycles. The average molecular weight is 344 g/mol. The Bertz CT molecular complexity index is 747. The quantitative estimate of drug-likeness (QED) is 0.831. The van der Waals surface area contributed by atoms with Crippen LogP contribution in [-0.2, 0) is 4.79 Å². The fraction of sp³-hybridized carbons (Fsp3) is 0.176. The van der Waals surface area contributed by atoms with Crippen LogP contribution in [0.3, 0.4) is 0 Å². The van der Waals surface area contributed by atoms with Crippen LogP contribution in [0.5, 0.6) is 5.75 Å². The van der Waals surface area contributed by atoms with Gasteiger partial charge in [0.1, 0.15) is 15.3 Å². The van der Waals surface area contributed by atoms with Crippen LogP contribution < -0.4 is 10.2 Å². The molecule has 1 aliphatic heterocycles. The van der Waals surface area contributed by atoms with Gasteiger partial charge < -0.3 is 10.4 Å². The highest BCUT2D eigenvalue weighted by Gasteiger charge is 2.38. The number of nitrogens with one attached hydrogen (secondary N) is 1. The van der Waals surface area contributed by atoms with Crippen molar-refractivity contribution in [3.63, 3.8) is 0 Å². The van der Waals surface area contributed by atoms with Gasteiger partial charge in [-0.2, -0.15) is 0 Å². The van der Waals surface area contributed by atoms with E-state index < -0.39 is 0 Å². The zero-order valence-electron chi connectivity index (χ0n) is 12.5. The summed E-state index contributed by atoms with van der Waals surface area (Å²) in [6.45, 7) is 2.51. The lowest BCUT2D eigenvalue weighted by Gasteiger charge is -2.17. The summed E-state index contributed by atoms with van der Waals surface area (Å²) in [4.78, 5) is 14.0. The molecule has 1 saturated heterocycles. The second kappa shape index (κ2) is 6.60. The number of thioether (sulfide) groups is 1. The van der Waals surface area contributed by atoms with Crippen molar-refractivity contribution < 1.29 is 9.90 Å². The molecule has 6 heteroatoms. The first-order valence-electron chi connectivity index (χ1n) is 7.19. The highest BCUT2D eigenvalue weighted by atomic mass is 32.2. The summed E-state index contributed by atoms with van der Waals surface area (Å²) in [5, 5.41) is 12.9. The molecule has 0 bridgehead atoms. The zero-order valence-corrected chi connectivity index (χ0v) is 14.2. The highest BCUT2D eigenvalue weighted by molar-refractivity contribution is 8.25. The molecule has 2 aromatic carbocycles. The minimum absolute atomic E-state index is 0.0518. The van der Waals surface area contributed by atoms with Crippen molar-refractivity contribution in [2.24, 2.45) is 0 Å². The van der Waals surface area contributed by atoms with Crippen molar-refractivity contribution in [1.82, 2.24) is 0 Å². The van der Waals surface area contributed by atoms with Gasteiger partial charge in [0.05, 0.1) is 5.69 Å². The number of hydrogen-bond donors (Lipinski definition) is 2. The molecule has 0 aromatic heterocycles. The van der Waals surface area contributed by atoms with Crippen LogP contribution in [0, 0.1) is 6.92 Å². The molecule has 2 N–H and O–H groups in total. The number of para-hydroxylation sites is 2. The van der Waals surface area contributed by atoms with Crippen molar-refractivity contribution in [2.75, 3.05) is 16.8 Å². The standard InChI is InChI=1S/C17H16N2O2S2/c1-11-6-8-12(9-7-11)18-10-15-16(21)19(17(22)23-15)13-4-2-3-5-14(13)20/h2-9,15,18,20H,10H2,1H3. The molecule has 4 nitrogen and oxygen atoms in total. The number of thiocarbonyl (C=S) groups is 1. The van der Waals surface area contributed by atoms with Crippen molar-refractivity contribution in [1.29, 1.82) is 0 Å². The summed E-state index contributed by atoms with van der Waals surface area (Å²) in [5.41, 5.74) is 2.59. The number of benzene rings is 2. The molecular formula is C17H16N2O2S2. The number of carbonyl (C=O) groups excluding carboxylic acids is 1. The number of aryl methyl sites for hydroxylation is 1. The van der Waals surface area contributed by atoms with Crippen LogP contribution in [0.25, 0.3) is 0 Å². The molecule has 1 unspecified atom stereocenters. The van der Waals surface area contributed by atoms with Crippen LogP contribution in [0.2, 0.25) is 0 Å². The van der Waals surface area contributed by atoms with E-state index in [1.165, 1.54) is 22.2 Å². The van der Waals surface area contributed by atoms with Crippen LogP contribution >= 0.6 is 24.0 Å². The third-order valence-electron chi connectivity index (χ3n) is 3.59. The molecule has 3 rings (SSSR count). The summed E-state index contributed by atoms with van der Waals surface area (Å²) in [6, 6.07) is 14.7. The maximum absolute atomic E-state index is 12.6. The molecule has 0 spiro atoms. The first-order valence-corrected chi connectivity index (χ1v) is 8.48. The number of anilines is 2. The van der Waals surface area contributed by atoms with Gasteiger partial charge in [-0.05, 0) is 31.2 Å². The lowest BCUT2D eigenvalue weighted by atomic mass is 10.2. The molecule has 118 valence electrons. The van der Waals surface area contributed by atoms with Crippen molar-refractivity contribution in [2.45, 2.75) is 12.2 Å². The van der Waals surface area contributed by atoms with E-state index in [1.54, 1.807) is 24.3 Å². The van der Waals surface area contributed by atoms with Crippen LogP contribution in [0.4, 0.5) is 11.4 Å². The largest absolute Gasteiger partial charge is 0.506 e. The fourth-order valence-corrected chi connectivity index (χ4v) is 3.79. The molecule has 0 radical (unpaired) electrons. The molecule has 1 heterocycles. The van der Waals surface area contributed by atoms with Crippen molar-refractivity contribution in [3.8, 4) is 5.75 Å². The van der Waals surface area contributed by atoms with E-state index in [2.05, 4.69) is 5.32 Å². The molecule has 1 amide bonds. The summed E-state index contributed by atoms with van der Waals surface area (Å²) in [7, 11) is 0. The summed E-state index contributed by atoms with van der Waals surface area (Å²) in [6.07, 6.45) is 0. The predicted molar refractivity (Wildman–Crippen MR) is 99.2 cm³/mol. The zero-order chi connectivity index (χ0) is 16.4. The van der Waals surface area contributed by atoms with Gasteiger partial charge in [-0.3, -0.25) is 9.69 Å². The first kappa shape index (κ1) is 15.8. The fourth-order valence-electron chi connectivity index (χ4n) is 2.34. The Morgan fingerprint density at radius 2 is 1.91 bits per heavy atom. The summed E-state index contributed by atoms with van der Waals surface area (Å²) < 4.78 is 0.465. The number of rotatable bonds is 4. The third-order valence-corrected chi connectivity index (χ3v) is 5.10. The Balaban J connectivity index is 1.71. The summed E-state index contributed by atoms with van der Waals surface area (Å²) >= 11 is 6.66. The second-order valence-corrected chi connectivity index (χ2v) is 7.12. The number of amides is 1. The maximum atomic E-state index is 12.6. The number of phenolic OH excluding ortho intramolecular Hbond substituents is 1. The van der Waals surface area contributed by atoms with Gasteiger partial charge in [0, 0.05) is 12.2 Å². The van der Waals surface area contributed by atoms with Crippen LogP contribution in [0.1, 0.15) is 5.56 Å².